The minimum atomic E-state index is -0.215. The van der Waals surface area contributed by atoms with Gasteiger partial charge in [-0.15, -0.1) is 0 Å². The predicted octanol–water partition coefficient (Wildman–Crippen LogP) is 3.73. The van der Waals surface area contributed by atoms with E-state index in [9.17, 15) is 4.79 Å². The molecule has 0 aromatic heterocycles. The van der Waals surface area contributed by atoms with Gasteiger partial charge in [-0.05, 0) is 32.4 Å². The van der Waals surface area contributed by atoms with Gasteiger partial charge >= 0.3 is 5.97 Å². The van der Waals surface area contributed by atoms with Crippen LogP contribution in [0.2, 0.25) is 0 Å². The highest BCUT2D eigenvalue weighted by Gasteiger charge is 2.11. The van der Waals surface area contributed by atoms with E-state index in [0.29, 0.717) is 5.56 Å². The molecular weight excluding hydrogens is 200 g/mol. The number of rotatable bonds is 5. The minimum absolute atomic E-state index is 0.00737. The highest BCUT2D eigenvalue weighted by molar-refractivity contribution is 5.89. The molecule has 88 valence electrons. The number of hydrogen-bond donors (Lipinski definition) is 0. The second-order valence-electron chi connectivity index (χ2n) is 4.23. The molecule has 0 spiro atoms. The lowest BCUT2D eigenvalue weighted by atomic mass is 10.1. The summed E-state index contributed by atoms with van der Waals surface area (Å²) in [7, 11) is 0. The van der Waals surface area contributed by atoms with Crippen LogP contribution in [0.4, 0.5) is 0 Å². The highest BCUT2D eigenvalue weighted by Crippen LogP contribution is 2.10. The first-order valence-corrected chi connectivity index (χ1v) is 5.91. The van der Waals surface area contributed by atoms with Gasteiger partial charge in [-0.3, -0.25) is 0 Å². The Morgan fingerprint density at radius 2 is 2.19 bits per heavy atom. The average molecular weight is 220 g/mol. The van der Waals surface area contributed by atoms with E-state index in [1.807, 2.05) is 32.0 Å². The molecular formula is C14H20O2. The normalized spacial score (nSPS) is 12.2. The summed E-state index contributed by atoms with van der Waals surface area (Å²) >= 11 is 0. The summed E-state index contributed by atoms with van der Waals surface area (Å²) < 4.78 is 5.35. The molecule has 0 amide bonds. The third kappa shape index (κ3) is 4.05. The van der Waals surface area contributed by atoms with Gasteiger partial charge in [0.15, 0.2) is 0 Å². The monoisotopic (exact) mass is 220 g/mol. The molecule has 0 bridgehead atoms. The maximum atomic E-state index is 11.7. The summed E-state index contributed by atoms with van der Waals surface area (Å²) in [6.45, 7) is 6.05. The molecule has 0 aliphatic rings. The first kappa shape index (κ1) is 12.8. The molecule has 0 heterocycles. The van der Waals surface area contributed by atoms with Gasteiger partial charge in [0.25, 0.3) is 0 Å². The lowest BCUT2D eigenvalue weighted by molar-refractivity contribution is 0.0320. The van der Waals surface area contributed by atoms with Crippen molar-refractivity contribution < 1.29 is 9.53 Å². The Morgan fingerprint density at radius 3 is 2.81 bits per heavy atom. The summed E-state index contributed by atoms with van der Waals surface area (Å²) in [6.07, 6.45) is 3.18. The van der Waals surface area contributed by atoms with Gasteiger partial charge in [0.05, 0.1) is 11.7 Å². The molecule has 16 heavy (non-hydrogen) atoms. The minimum Gasteiger partial charge on any atom is -0.459 e. The molecule has 0 saturated carbocycles. The zero-order valence-electron chi connectivity index (χ0n) is 10.3. The van der Waals surface area contributed by atoms with E-state index in [1.165, 1.54) is 0 Å². The van der Waals surface area contributed by atoms with Crippen LogP contribution in [0.1, 0.15) is 49.0 Å². The van der Waals surface area contributed by atoms with Crippen molar-refractivity contribution >= 4 is 5.97 Å². The molecule has 0 saturated heterocycles. The molecule has 0 radical (unpaired) electrons. The van der Waals surface area contributed by atoms with Gasteiger partial charge in [0.1, 0.15) is 0 Å². The SMILES string of the molecule is CCCCC(C)OC(=O)c1cccc(C)c1. The van der Waals surface area contributed by atoms with Crippen LogP contribution in [-0.4, -0.2) is 12.1 Å². The van der Waals surface area contributed by atoms with E-state index in [-0.39, 0.29) is 12.1 Å². The first-order valence-electron chi connectivity index (χ1n) is 5.91. The maximum Gasteiger partial charge on any atom is 0.338 e. The third-order valence-electron chi connectivity index (χ3n) is 2.53. The lowest BCUT2D eigenvalue weighted by Gasteiger charge is -2.12. The Labute approximate surface area is 97.6 Å². The average Bonchev–Trinajstić information content (AvgIpc) is 2.26. The number of unbranched alkanes of at least 4 members (excludes halogenated alkanes) is 1. The number of carbonyl (C=O) groups excluding carboxylic acids is 1. The fraction of sp³-hybridized carbons (Fsp3) is 0.500. The molecule has 1 rings (SSSR count). The third-order valence-corrected chi connectivity index (χ3v) is 2.53. The van der Waals surface area contributed by atoms with Crippen LogP contribution in [0.5, 0.6) is 0 Å². The van der Waals surface area contributed by atoms with Crippen molar-refractivity contribution in [2.45, 2.75) is 46.1 Å². The Balaban J connectivity index is 2.52. The molecule has 1 aromatic rings. The standard InChI is InChI=1S/C14H20O2/c1-4-5-8-12(3)16-14(15)13-9-6-7-11(2)10-13/h6-7,9-10,12H,4-5,8H2,1-3H3. The molecule has 1 aromatic carbocycles. The molecule has 2 heteroatoms. The molecule has 0 fully saturated rings. The van der Waals surface area contributed by atoms with Crippen LogP contribution >= 0.6 is 0 Å². The number of hydrogen-bond acceptors (Lipinski definition) is 2. The second kappa shape index (κ2) is 6.31. The highest BCUT2D eigenvalue weighted by atomic mass is 16.5. The predicted molar refractivity (Wildman–Crippen MR) is 65.6 cm³/mol. The quantitative estimate of drug-likeness (QED) is 0.707. The zero-order chi connectivity index (χ0) is 12.0. The van der Waals surface area contributed by atoms with E-state index >= 15 is 0 Å². The zero-order valence-corrected chi connectivity index (χ0v) is 10.3. The maximum absolute atomic E-state index is 11.7. The Kier molecular flexibility index (Phi) is 5.03. The van der Waals surface area contributed by atoms with Crippen molar-refractivity contribution in [3.05, 3.63) is 35.4 Å². The van der Waals surface area contributed by atoms with Gasteiger partial charge in [-0.25, -0.2) is 4.79 Å². The number of aryl methyl sites for hydroxylation is 1. The number of benzene rings is 1. The molecule has 1 unspecified atom stereocenters. The topological polar surface area (TPSA) is 26.3 Å². The van der Waals surface area contributed by atoms with Gasteiger partial charge in [-0.1, -0.05) is 37.5 Å². The lowest BCUT2D eigenvalue weighted by Crippen LogP contribution is -2.15. The Bertz CT molecular complexity index is 344. The van der Waals surface area contributed by atoms with Crippen LogP contribution in [0.15, 0.2) is 24.3 Å². The van der Waals surface area contributed by atoms with Gasteiger partial charge in [-0.2, -0.15) is 0 Å². The van der Waals surface area contributed by atoms with Crippen molar-refractivity contribution in [1.82, 2.24) is 0 Å². The van der Waals surface area contributed by atoms with E-state index < -0.39 is 0 Å². The molecule has 2 nitrogen and oxygen atoms in total. The van der Waals surface area contributed by atoms with E-state index in [2.05, 4.69) is 6.92 Å². The van der Waals surface area contributed by atoms with Crippen molar-refractivity contribution in [3.63, 3.8) is 0 Å². The van der Waals surface area contributed by atoms with Crippen LogP contribution in [-0.2, 0) is 4.74 Å². The van der Waals surface area contributed by atoms with Crippen molar-refractivity contribution in [2.24, 2.45) is 0 Å². The van der Waals surface area contributed by atoms with Crippen molar-refractivity contribution in [3.8, 4) is 0 Å². The molecule has 0 aliphatic heterocycles. The largest absolute Gasteiger partial charge is 0.459 e. The van der Waals surface area contributed by atoms with Crippen LogP contribution in [0.3, 0.4) is 0 Å². The summed E-state index contributed by atoms with van der Waals surface area (Å²) in [5.74, 6) is -0.215. The van der Waals surface area contributed by atoms with Gasteiger partial charge in [0, 0.05) is 0 Å². The molecule has 0 aliphatic carbocycles. The summed E-state index contributed by atoms with van der Waals surface area (Å²) in [6, 6.07) is 7.50. The van der Waals surface area contributed by atoms with Crippen LogP contribution in [0.25, 0.3) is 0 Å². The molecule has 0 N–H and O–H groups in total. The molecule has 1 atom stereocenters. The fourth-order valence-electron chi connectivity index (χ4n) is 1.57. The second-order valence-corrected chi connectivity index (χ2v) is 4.23. The van der Waals surface area contributed by atoms with Crippen LogP contribution in [0, 0.1) is 6.92 Å². The van der Waals surface area contributed by atoms with Crippen molar-refractivity contribution in [2.75, 3.05) is 0 Å². The fourth-order valence-corrected chi connectivity index (χ4v) is 1.57. The summed E-state index contributed by atoms with van der Waals surface area (Å²) in [4.78, 5) is 11.7. The first-order chi connectivity index (χ1) is 7.63. The Hall–Kier alpha value is -1.31. The van der Waals surface area contributed by atoms with Crippen molar-refractivity contribution in [1.29, 1.82) is 0 Å². The van der Waals surface area contributed by atoms with E-state index in [4.69, 9.17) is 4.74 Å². The number of ether oxygens (including phenoxy) is 1. The van der Waals surface area contributed by atoms with Crippen LogP contribution < -0.4 is 0 Å². The Morgan fingerprint density at radius 1 is 1.44 bits per heavy atom. The van der Waals surface area contributed by atoms with E-state index in [0.717, 1.165) is 24.8 Å². The number of carbonyl (C=O) groups is 1. The smallest absolute Gasteiger partial charge is 0.338 e. The van der Waals surface area contributed by atoms with Gasteiger partial charge in [0.2, 0.25) is 0 Å². The number of esters is 1. The van der Waals surface area contributed by atoms with E-state index in [1.54, 1.807) is 6.07 Å². The summed E-state index contributed by atoms with van der Waals surface area (Å²) in [5, 5.41) is 0. The summed E-state index contributed by atoms with van der Waals surface area (Å²) in [5.41, 5.74) is 1.72. The van der Waals surface area contributed by atoms with Gasteiger partial charge < -0.3 is 4.74 Å².